The highest BCUT2D eigenvalue weighted by molar-refractivity contribution is 5.80. The number of anilines is 2. The van der Waals surface area contributed by atoms with E-state index in [1.807, 2.05) is 62.6 Å². The minimum atomic E-state index is -0.337. The number of pyridine rings is 1. The van der Waals surface area contributed by atoms with Crippen LogP contribution in [0.5, 0.6) is 17.2 Å². The lowest BCUT2D eigenvalue weighted by Crippen LogP contribution is -2.49. The molecule has 7 heteroatoms. The molecule has 2 aromatic carbocycles. The van der Waals surface area contributed by atoms with Crippen LogP contribution in [0.25, 0.3) is 0 Å². The molecule has 3 aliphatic heterocycles. The van der Waals surface area contributed by atoms with Gasteiger partial charge in [-0.25, -0.2) is 4.79 Å². The number of nitrogens with zero attached hydrogens (tertiary/aromatic N) is 4. The molecule has 3 aromatic rings. The van der Waals surface area contributed by atoms with E-state index >= 15 is 0 Å². The molecule has 2 unspecified atom stereocenters. The van der Waals surface area contributed by atoms with Crippen LogP contribution in [0.15, 0.2) is 67.0 Å². The van der Waals surface area contributed by atoms with Crippen molar-refractivity contribution >= 4 is 17.5 Å². The van der Waals surface area contributed by atoms with Crippen LogP contribution in [-0.2, 0) is 6.54 Å². The number of fused-ring (bicyclic) bond motifs is 4. The van der Waals surface area contributed by atoms with Crippen molar-refractivity contribution < 1.29 is 14.3 Å². The molecule has 0 aliphatic carbocycles. The standard InChI is InChI=1S/C30H34N4O3/c1-3-32(4-2)30(35)36-25-13-14-27-29(18-25)37-28-10-6-5-9-26(28)34(27)24-16-22-11-12-23(17-24)33(22)20-21-8-7-15-31-19-21/h5-10,13-15,18-19,22-24H,3-4,11-12,16-17,20H2,1-2H3. The Kier molecular flexibility index (Phi) is 6.47. The molecule has 4 heterocycles. The zero-order valence-electron chi connectivity index (χ0n) is 21.5. The van der Waals surface area contributed by atoms with E-state index in [0.717, 1.165) is 42.3 Å². The summed E-state index contributed by atoms with van der Waals surface area (Å²) in [5.41, 5.74) is 3.42. The number of hydrogen-bond acceptors (Lipinski definition) is 6. The highest BCUT2D eigenvalue weighted by Gasteiger charge is 2.44. The number of hydrogen-bond donors (Lipinski definition) is 0. The molecule has 3 aliphatic rings. The minimum absolute atomic E-state index is 0.337. The quantitative estimate of drug-likeness (QED) is 0.394. The van der Waals surface area contributed by atoms with Gasteiger partial charge in [0.2, 0.25) is 0 Å². The molecule has 2 saturated heterocycles. The number of carbonyl (C=O) groups excluding carboxylic acids is 1. The van der Waals surface area contributed by atoms with E-state index in [9.17, 15) is 4.79 Å². The van der Waals surface area contributed by atoms with Crippen LogP contribution in [-0.4, -0.2) is 52.1 Å². The zero-order chi connectivity index (χ0) is 25.4. The van der Waals surface area contributed by atoms with Crippen molar-refractivity contribution in [2.24, 2.45) is 0 Å². The second kappa shape index (κ2) is 10.1. The van der Waals surface area contributed by atoms with Crippen molar-refractivity contribution in [2.45, 2.75) is 64.2 Å². The number of piperidine rings is 1. The van der Waals surface area contributed by atoms with E-state index in [4.69, 9.17) is 9.47 Å². The normalized spacial score (nSPS) is 22.1. The number of aromatic nitrogens is 1. The van der Waals surface area contributed by atoms with E-state index in [-0.39, 0.29) is 6.09 Å². The molecular formula is C30H34N4O3. The van der Waals surface area contributed by atoms with Gasteiger partial charge in [0.05, 0.1) is 11.4 Å². The maximum atomic E-state index is 12.5. The molecule has 37 heavy (non-hydrogen) atoms. The topological polar surface area (TPSA) is 58.1 Å². The number of amides is 1. The van der Waals surface area contributed by atoms with E-state index in [1.165, 1.54) is 18.4 Å². The fraction of sp³-hybridized carbons (Fsp3) is 0.400. The van der Waals surface area contributed by atoms with Crippen LogP contribution in [0.2, 0.25) is 0 Å². The first kappa shape index (κ1) is 23.8. The lowest BCUT2D eigenvalue weighted by atomic mass is 9.93. The van der Waals surface area contributed by atoms with Gasteiger partial charge < -0.3 is 19.3 Å². The Hall–Kier alpha value is -3.58. The monoisotopic (exact) mass is 498 g/mol. The van der Waals surface area contributed by atoms with Gasteiger partial charge in [-0.15, -0.1) is 0 Å². The van der Waals surface area contributed by atoms with Gasteiger partial charge in [0, 0.05) is 56.2 Å². The maximum absolute atomic E-state index is 12.5. The molecule has 7 nitrogen and oxygen atoms in total. The Morgan fingerprint density at radius 1 is 0.973 bits per heavy atom. The first-order valence-electron chi connectivity index (χ1n) is 13.5. The molecule has 0 spiro atoms. The van der Waals surface area contributed by atoms with Crippen LogP contribution in [0, 0.1) is 0 Å². The van der Waals surface area contributed by atoms with E-state index in [1.54, 1.807) is 4.90 Å². The van der Waals surface area contributed by atoms with Crippen molar-refractivity contribution in [3.8, 4) is 17.2 Å². The molecule has 192 valence electrons. The fourth-order valence-corrected chi connectivity index (χ4v) is 6.29. The van der Waals surface area contributed by atoms with Crippen LogP contribution >= 0.6 is 0 Å². The maximum Gasteiger partial charge on any atom is 0.415 e. The number of para-hydroxylation sites is 2. The van der Waals surface area contributed by atoms with E-state index in [0.29, 0.717) is 37.0 Å². The Balaban J connectivity index is 1.27. The van der Waals surface area contributed by atoms with Gasteiger partial charge in [-0.05, 0) is 75.4 Å². The Bertz CT molecular complexity index is 1250. The lowest BCUT2D eigenvalue weighted by molar-refractivity contribution is 0.119. The van der Waals surface area contributed by atoms with Gasteiger partial charge >= 0.3 is 6.09 Å². The number of carbonyl (C=O) groups is 1. The lowest BCUT2D eigenvalue weighted by Gasteiger charge is -2.46. The van der Waals surface area contributed by atoms with Crippen molar-refractivity contribution in [3.05, 3.63) is 72.6 Å². The Morgan fingerprint density at radius 3 is 2.46 bits per heavy atom. The fourth-order valence-electron chi connectivity index (χ4n) is 6.29. The van der Waals surface area contributed by atoms with Gasteiger partial charge in [-0.2, -0.15) is 0 Å². The summed E-state index contributed by atoms with van der Waals surface area (Å²) in [4.78, 5) is 23.7. The Labute approximate surface area is 218 Å². The van der Waals surface area contributed by atoms with Gasteiger partial charge in [0.1, 0.15) is 5.75 Å². The smallest absolute Gasteiger partial charge is 0.415 e. The van der Waals surface area contributed by atoms with Gasteiger partial charge in [-0.1, -0.05) is 18.2 Å². The van der Waals surface area contributed by atoms with Gasteiger partial charge in [0.25, 0.3) is 0 Å². The number of ether oxygens (including phenoxy) is 2. The molecule has 0 saturated carbocycles. The summed E-state index contributed by atoms with van der Waals surface area (Å²) in [5.74, 6) is 2.07. The summed E-state index contributed by atoms with van der Waals surface area (Å²) in [5, 5.41) is 0. The summed E-state index contributed by atoms with van der Waals surface area (Å²) in [6.45, 7) is 6.09. The molecular weight excluding hydrogens is 464 g/mol. The van der Waals surface area contributed by atoms with Crippen LogP contribution < -0.4 is 14.4 Å². The van der Waals surface area contributed by atoms with Crippen molar-refractivity contribution in [1.29, 1.82) is 0 Å². The van der Waals surface area contributed by atoms with Crippen molar-refractivity contribution in [1.82, 2.24) is 14.8 Å². The molecule has 2 fully saturated rings. The molecule has 0 N–H and O–H groups in total. The third kappa shape index (κ3) is 4.53. The first-order chi connectivity index (χ1) is 18.1. The molecule has 0 radical (unpaired) electrons. The average molecular weight is 499 g/mol. The third-order valence-corrected chi connectivity index (χ3v) is 8.07. The van der Waals surface area contributed by atoms with E-state index < -0.39 is 0 Å². The third-order valence-electron chi connectivity index (χ3n) is 8.07. The second-order valence-electron chi connectivity index (χ2n) is 10.2. The van der Waals surface area contributed by atoms with Crippen LogP contribution in [0.1, 0.15) is 45.1 Å². The molecule has 1 aromatic heterocycles. The van der Waals surface area contributed by atoms with Crippen LogP contribution in [0.3, 0.4) is 0 Å². The average Bonchev–Trinajstić information content (AvgIpc) is 3.14. The molecule has 6 rings (SSSR count). The van der Waals surface area contributed by atoms with Crippen molar-refractivity contribution in [2.75, 3.05) is 18.0 Å². The number of benzene rings is 2. The second-order valence-corrected chi connectivity index (χ2v) is 10.2. The van der Waals surface area contributed by atoms with Crippen molar-refractivity contribution in [3.63, 3.8) is 0 Å². The molecule has 2 bridgehead atoms. The summed E-state index contributed by atoms with van der Waals surface area (Å²) < 4.78 is 12.0. The first-order valence-corrected chi connectivity index (χ1v) is 13.5. The van der Waals surface area contributed by atoms with Gasteiger partial charge in [0.15, 0.2) is 11.5 Å². The SMILES string of the molecule is CCN(CC)C(=O)Oc1ccc2c(c1)Oc1ccccc1N2C1CC2CCC(C1)N2Cc1cccnc1. The zero-order valence-corrected chi connectivity index (χ0v) is 21.5. The minimum Gasteiger partial charge on any atom is -0.453 e. The van der Waals surface area contributed by atoms with Gasteiger partial charge in [-0.3, -0.25) is 9.88 Å². The summed E-state index contributed by atoms with van der Waals surface area (Å²) >= 11 is 0. The highest BCUT2D eigenvalue weighted by atomic mass is 16.6. The summed E-state index contributed by atoms with van der Waals surface area (Å²) in [6, 6.07) is 19.7. The largest absolute Gasteiger partial charge is 0.453 e. The predicted molar refractivity (Wildman–Crippen MR) is 144 cm³/mol. The molecule has 2 atom stereocenters. The summed E-state index contributed by atoms with van der Waals surface area (Å²) in [7, 11) is 0. The Morgan fingerprint density at radius 2 is 1.73 bits per heavy atom. The highest BCUT2D eigenvalue weighted by Crippen LogP contribution is 2.51. The molecule has 1 amide bonds. The van der Waals surface area contributed by atoms with Crippen LogP contribution in [0.4, 0.5) is 16.2 Å². The summed E-state index contributed by atoms with van der Waals surface area (Å²) in [6.07, 6.45) is 8.17. The predicted octanol–water partition coefficient (Wildman–Crippen LogP) is 6.36. The number of rotatable bonds is 6. The van der Waals surface area contributed by atoms with E-state index in [2.05, 4.69) is 33.0 Å².